The topological polar surface area (TPSA) is 92.1 Å². The number of pyridine rings is 2. The van der Waals surface area contributed by atoms with Gasteiger partial charge in [0.15, 0.2) is 0 Å². The first-order chi connectivity index (χ1) is 17.7. The van der Waals surface area contributed by atoms with Crippen LogP contribution in [0.3, 0.4) is 0 Å². The predicted octanol–water partition coefficient (Wildman–Crippen LogP) is 4.40. The van der Waals surface area contributed by atoms with Crippen LogP contribution in [0.5, 0.6) is 0 Å². The second kappa shape index (κ2) is 10.0. The Labute approximate surface area is 221 Å². The molecule has 1 saturated heterocycles. The first-order valence-corrected chi connectivity index (χ1v) is 13.2. The average Bonchev–Trinajstić information content (AvgIpc) is 3.56. The summed E-state index contributed by atoms with van der Waals surface area (Å²) in [5, 5.41) is 11.7. The molecule has 0 spiro atoms. The molecule has 0 aromatic carbocycles. The van der Waals surface area contributed by atoms with Crippen molar-refractivity contribution < 1.29 is 4.79 Å². The highest BCUT2D eigenvalue weighted by molar-refractivity contribution is 7.14. The molecular weight excluding hydrogens is 484 g/mol. The molecule has 1 fully saturated rings. The summed E-state index contributed by atoms with van der Waals surface area (Å²) in [6.45, 7) is 12.3. The van der Waals surface area contributed by atoms with Gasteiger partial charge in [-0.2, -0.15) is 0 Å². The normalized spacial score (nSPS) is 14.7. The number of likely N-dealkylation sites (N-methyl/N-ethyl adjacent to an activating group) is 1. The minimum absolute atomic E-state index is 0.00606. The smallest absolute Gasteiger partial charge is 0.265 e. The van der Waals surface area contributed by atoms with Crippen LogP contribution in [0.25, 0.3) is 16.9 Å². The van der Waals surface area contributed by atoms with Crippen molar-refractivity contribution in [3.63, 3.8) is 0 Å². The van der Waals surface area contributed by atoms with Gasteiger partial charge in [0.2, 0.25) is 0 Å². The number of nitrogens with zero attached hydrogens (tertiary/aromatic N) is 7. The van der Waals surface area contributed by atoms with E-state index in [0.29, 0.717) is 10.6 Å². The van der Waals surface area contributed by atoms with E-state index in [9.17, 15) is 4.79 Å². The molecule has 192 valence electrons. The number of thiophene rings is 1. The zero-order valence-electron chi connectivity index (χ0n) is 21.9. The second-order valence-electron chi connectivity index (χ2n) is 10.5. The third-order valence-electron chi connectivity index (χ3n) is 6.52. The highest BCUT2D eigenvalue weighted by Crippen LogP contribution is 2.30. The first-order valence-electron chi connectivity index (χ1n) is 12.4. The summed E-state index contributed by atoms with van der Waals surface area (Å²) in [5.41, 5.74) is 4.87. The molecule has 5 rings (SSSR count). The Morgan fingerprint density at radius 1 is 1.05 bits per heavy atom. The number of aryl methyl sites for hydroxylation is 1. The lowest BCUT2D eigenvalue weighted by Crippen LogP contribution is -2.44. The fraction of sp³-hybridized carbons (Fsp3) is 0.370. The minimum atomic E-state index is -0.150. The molecule has 0 radical (unpaired) electrons. The van der Waals surface area contributed by atoms with Crippen molar-refractivity contribution in [2.24, 2.45) is 0 Å². The molecule has 1 amide bonds. The maximum atomic E-state index is 12.9. The summed E-state index contributed by atoms with van der Waals surface area (Å²) >= 11 is 1.51. The molecule has 1 N–H and O–H groups in total. The van der Waals surface area contributed by atoms with E-state index in [1.807, 2.05) is 43.7 Å². The van der Waals surface area contributed by atoms with E-state index in [2.05, 4.69) is 69.3 Å². The van der Waals surface area contributed by atoms with Crippen LogP contribution < -0.4 is 10.2 Å². The summed E-state index contributed by atoms with van der Waals surface area (Å²) < 4.78 is 1.69. The van der Waals surface area contributed by atoms with Gasteiger partial charge in [0, 0.05) is 42.8 Å². The Bertz CT molecular complexity index is 1410. The Kier molecular flexibility index (Phi) is 6.78. The van der Waals surface area contributed by atoms with Crippen LogP contribution >= 0.6 is 11.3 Å². The van der Waals surface area contributed by atoms with Gasteiger partial charge >= 0.3 is 0 Å². The molecule has 1 aliphatic rings. The lowest BCUT2D eigenvalue weighted by molar-refractivity contribution is 0.103. The number of aromatic nitrogens is 5. The lowest BCUT2D eigenvalue weighted by atomic mass is 9.95. The van der Waals surface area contributed by atoms with Gasteiger partial charge in [0.25, 0.3) is 5.91 Å². The molecule has 0 aliphatic carbocycles. The maximum Gasteiger partial charge on any atom is 0.265 e. The van der Waals surface area contributed by atoms with E-state index in [-0.39, 0.29) is 11.3 Å². The van der Waals surface area contributed by atoms with Crippen LogP contribution in [-0.4, -0.2) is 69.0 Å². The van der Waals surface area contributed by atoms with E-state index in [1.165, 1.54) is 16.2 Å². The highest BCUT2D eigenvalue weighted by atomic mass is 32.1. The van der Waals surface area contributed by atoms with Crippen molar-refractivity contribution >= 4 is 28.6 Å². The van der Waals surface area contributed by atoms with E-state index >= 15 is 0 Å². The summed E-state index contributed by atoms with van der Waals surface area (Å²) in [7, 11) is 2.15. The first kappa shape index (κ1) is 25.0. The van der Waals surface area contributed by atoms with E-state index in [4.69, 9.17) is 0 Å². The van der Waals surface area contributed by atoms with E-state index in [1.54, 1.807) is 10.9 Å². The van der Waals surface area contributed by atoms with Crippen LogP contribution in [0, 0.1) is 6.92 Å². The van der Waals surface area contributed by atoms with Gasteiger partial charge < -0.3 is 15.1 Å². The van der Waals surface area contributed by atoms with Crippen LogP contribution in [0.15, 0.2) is 49.1 Å². The third-order valence-corrected chi connectivity index (χ3v) is 8.03. The molecule has 0 saturated carbocycles. The van der Waals surface area contributed by atoms with Crippen molar-refractivity contribution in [2.75, 3.05) is 43.4 Å². The zero-order chi connectivity index (χ0) is 26.2. The number of rotatable bonds is 5. The molecule has 0 atom stereocenters. The van der Waals surface area contributed by atoms with Crippen molar-refractivity contribution in [1.82, 2.24) is 29.9 Å². The van der Waals surface area contributed by atoms with Gasteiger partial charge in [-0.3, -0.25) is 14.8 Å². The van der Waals surface area contributed by atoms with Gasteiger partial charge in [-0.25, -0.2) is 4.68 Å². The third kappa shape index (κ3) is 5.55. The summed E-state index contributed by atoms with van der Waals surface area (Å²) in [5.74, 6) is -0.150. The number of carbonyl (C=O) groups excluding carboxylic acids is 1. The van der Waals surface area contributed by atoms with Gasteiger partial charge in [-0.05, 0) is 43.7 Å². The number of anilines is 2. The van der Waals surface area contributed by atoms with Crippen molar-refractivity contribution in [2.45, 2.75) is 33.1 Å². The summed E-state index contributed by atoms with van der Waals surface area (Å²) in [6.07, 6.45) is 7.24. The van der Waals surface area contributed by atoms with Crippen molar-refractivity contribution in [3.8, 4) is 16.9 Å². The zero-order valence-corrected chi connectivity index (χ0v) is 22.7. The Hall–Kier alpha value is -3.63. The number of hydrogen-bond donors (Lipinski definition) is 1. The van der Waals surface area contributed by atoms with Crippen molar-refractivity contribution in [1.29, 1.82) is 0 Å². The van der Waals surface area contributed by atoms with Gasteiger partial charge in [-0.15, -0.1) is 16.4 Å². The molecule has 1 aliphatic heterocycles. The number of amides is 1. The van der Waals surface area contributed by atoms with Gasteiger partial charge in [0.05, 0.1) is 46.2 Å². The standard InChI is InChI=1S/C27H32N8OS/c1-18-23(13-20(15-29-18)30-26(36)24-6-7-25(37-24)27(2,3)4)35-17-22(31-32-35)19-12-21(16-28-14-19)34-10-8-33(5)9-11-34/h6-7,12-17H,8-11H2,1-5H3,(H,30,36). The quantitative estimate of drug-likeness (QED) is 0.420. The minimum Gasteiger partial charge on any atom is -0.368 e. The van der Waals surface area contributed by atoms with Crippen LogP contribution in [0.1, 0.15) is 41.0 Å². The van der Waals surface area contributed by atoms with Crippen LogP contribution in [0.4, 0.5) is 11.4 Å². The van der Waals surface area contributed by atoms with E-state index in [0.717, 1.165) is 54.5 Å². The fourth-order valence-corrected chi connectivity index (χ4v) is 5.16. The number of nitrogens with one attached hydrogen (secondary N) is 1. The van der Waals surface area contributed by atoms with E-state index < -0.39 is 0 Å². The van der Waals surface area contributed by atoms with Crippen LogP contribution in [-0.2, 0) is 5.41 Å². The maximum absolute atomic E-state index is 12.9. The Morgan fingerprint density at radius 2 is 1.84 bits per heavy atom. The van der Waals surface area contributed by atoms with Crippen LogP contribution in [0.2, 0.25) is 0 Å². The van der Waals surface area contributed by atoms with Gasteiger partial charge in [0.1, 0.15) is 5.69 Å². The molecule has 9 nitrogen and oxygen atoms in total. The molecule has 4 aromatic heterocycles. The monoisotopic (exact) mass is 516 g/mol. The number of hydrogen-bond acceptors (Lipinski definition) is 8. The number of carbonyl (C=O) groups is 1. The second-order valence-corrected chi connectivity index (χ2v) is 11.6. The highest BCUT2D eigenvalue weighted by Gasteiger charge is 2.20. The summed E-state index contributed by atoms with van der Waals surface area (Å²) in [4.78, 5) is 28.3. The Balaban J connectivity index is 1.35. The average molecular weight is 517 g/mol. The molecule has 5 heterocycles. The largest absolute Gasteiger partial charge is 0.368 e. The summed E-state index contributed by atoms with van der Waals surface area (Å²) in [6, 6.07) is 7.87. The SMILES string of the molecule is Cc1ncc(NC(=O)c2ccc(C(C)(C)C)s2)cc1-n1cc(-c2cncc(N3CCN(C)CC3)c2)nn1. The van der Waals surface area contributed by atoms with Gasteiger partial charge in [-0.1, -0.05) is 26.0 Å². The Morgan fingerprint density at radius 3 is 2.57 bits per heavy atom. The number of piperazine rings is 1. The molecule has 37 heavy (non-hydrogen) atoms. The lowest BCUT2D eigenvalue weighted by Gasteiger charge is -2.33. The predicted molar refractivity (Wildman–Crippen MR) is 148 cm³/mol. The molecule has 4 aromatic rings. The van der Waals surface area contributed by atoms with Crippen molar-refractivity contribution in [3.05, 3.63) is 64.5 Å². The fourth-order valence-electron chi connectivity index (χ4n) is 4.20. The molecule has 0 unspecified atom stereocenters. The molecular formula is C27H32N8OS. The molecule has 0 bridgehead atoms. The molecule has 10 heteroatoms.